The normalized spacial score (nSPS) is 11.9. The second-order valence-corrected chi connectivity index (χ2v) is 5.39. The molecule has 0 saturated heterocycles. The van der Waals surface area contributed by atoms with Gasteiger partial charge in [0, 0.05) is 27.7 Å². The van der Waals surface area contributed by atoms with Crippen LogP contribution in [0.25, 0.3) is 0 Å². The molecule has 0 bridgehead atoms. The fourth-order valence-electron chi connectivity index (χ4n) is 1.12. The molecular weight excluding hydrogens is 324 g/mol. The minimum Gasteiger partial charge on any atom is -0.479 e. The van der Waals surface area contributed by atoms with Crippen LogP contribution in [0.15, 0.2) is 15.9 Å². The van der Waals surface area contributed by atoms with Crippen LogP contribution in [0.3, 0.4) is 0 Å². The zero-order chi connectivity index (χ0) is 13.5. The molecule has 1 rings (SSSR count). The average molecular weight is 337 g/mol. The number of halogens is 1. The summed E-state index contributed by atoms with van der Waals surface area (Å²) in [5.74, 6) is -1.29. The molecule has 1 aromatic heterocycles. The Kier molecular flexibility index (Phi) is 6.10. The Bertz CT molecular complexity index is 424. The number of hydrogen-bond acceptors (Lipinski definition) is 4. The largest absolute Gasteiger partial charge is 0.479 e. The summed E-state index contributed by atoms with van der Waals surface area (Å²) in [6, 6.07) is 1.51. The summed E-state index contributed by atoms with van der Waals surface area (Å²) in [5, 5.41) is 24.4. The van der Waals surface area contributed by atoms with Gasteiger partial charge in [0.05, 0.1) is 6.54 Å². The van der Waals surface area contributed by atoms with E-state index in [0.29, 0.717) is 6.54 Å². The van der Waals surface area contributed by atoms with Crippen molar-refractivity contribution in [2.75, 3.05) is 6.54 Å². The van der Waals surface area contributed by atoms with Crippen molar-refractivity contribution in [2.24, 2.45) is 0 Å². The van der Waals surface area contributed by atoms with Crippen LogP contribution in [-0.2, 0) is 11.3 Å². The molecule has 8 heteroatoms. The maximum absolute atomic E-state index is 11.3. The first kappa shape index (κ1) is 14.9. The molecule has 1 aromatic rings. The third-order valence-electron chi connectivity index (χ3n) is 2.03. The van der Waals surface area contributed by atoms with E-state index in [4.69, 9.17) is 10.2 Å². The summed E-state index contributed by atoms with van der Waals surface area (Å²) in [7, 11) is 0. The lowest BCUT2D eigenvalue weighted by Crippen LogP contribution is -2.37. The number of nitrogens with one attached hydrogen (secondary N) is 2. The first-order valence-corrected chi connectivity index (χ1v) is 6.82. The van der Waals surface area contributed by atoms with E-state index in [0.717, 1.165) is 9.35 Å². The molecule has 0 aliphatic rings. The van der Waals surface area contributed by atoms with Crippen LogP contribution >= 0.6 is 27.3 Å². The maximum Gasteiger partial charge on any atom is 0.332 e. The molecule has 1 atom stereocenters. The Morgan fingerprint density at radius 3 is 2.72 bits per heavy atom. The van der Waals surface area contributed by atoms with Crippen LogP contribution in [0.5, 0.6) is 0 Å². The SMILES string of the molecule is O=C(NCC[C@H](O)C(=O)O)NCc1cc(Br)cs1. The highest BCUT2D eigenvalue weighted by atomic mass is 79.9. The molecule has 100 valence electrons. The Morgan fingerprint density at radius 1 is 1.44 bits per heavy atom. The second-order valence-electron chi connectivity index (χ2n) is 3.48. The molecule has 0 fully saturated rings. The molecular formula is C10H13BrN2O4S. The number of carboxylic acids is 1. The standard InChI is InChI=1S/C10H13BrN2O4S/c11-6-3-7(18-5-6)4-13-10(17)12-2-1-8(14)9(15)16/h3,5,8,14H,1-2,4H2,(H,15,16)(H2,12,13,17)/t8-/m0/s1. The molecule has 4 N–H and O–H groups in total. The van der Waals surface area contributed by atoms with Gasteiger partial charge in [-0.05, 0) is 22.0 Å². The van der Waals surface area contributed by atoms with Gasteiger partial charge >= 0.3 is 12.0 Å². The minimum absolute atomic E-state index is 0.0205. The van der Waals surface area contributed by atoms with Gasteiger partial charge in [-0.15, -0.1) is 11.3 Å². The van der Waals surface area contributed by atoms with Crippen molar-refractivity contribution in [3.05, 3.63) is 20.8 Å². The summed E-state index contributed by atoms with van der Waals surface area (Å²) < 4.78 is 0.967. The molecule has 6 nitrogen and oxygen atoms in total. The number of carboxylic acid groups (broad SMARTS) is 1. The van der Waals surface area contributed by atoms with Crippen molar-refractivity contribution in [3.8, 4) is 0 Å². The quantitative estimate of drug-likeness (QED) is 0.626. The molecule has 0 aromatic carbocycles. The van der Waals surface area contributed by atoms with Crippen molar-refractivity contribution in [1.29, 1.82) is 0 Å². The predicted octanol–water partition coefficient (Wildman–Crippen LogP) is 1.15. The average Bonchev–Trinajstić information content (AvgIpc) is 2.72. The Labute approximate surface area is 116 Å². The number of aliphatic hydroxyl groups excluding tert-OH is 1. The van der Waals surface area contributed by atoms with Crippen molar-refractivity contribution in [3.63, 3.8) is 0 Å². The summed E-state index contributed by atoms with van der Waals surface area (Å²) >= 11 is 4.83. The number of hydrogen-bond donors (Lipinski definition) is 4. The van der Waals surface area contributed by atoms with Crippen molar-refractivity contribution >= 4 is 39.3 Å². The van der Waals surface area contributed by atoms with E-state index in [-0.39, 0.29) is 13.0 Å². The maximum atomic E-state index is 11.3. The first-order valence-electron chi connectivity index (χ1n) is 5.14. The van der Waals surface area contributed by atoms with Gasteiger partial charge in [0.15, 0.2) is 6.10 Å². The predicted molar refractivity (Wildman–Crippen MR) is 70.5 cm³/mol. The van der Waals surface area contributed by atoms with E-state index in [2.05, 4.69) is 26.6 Å². The lowest BCUT2D eigenvalue weighted by atomic mass is 10.2. The van der Waals surface area contributed by atoms with Gasteiger partial charge in [-0.1, -0.05) is 0 Å². The second kappa shape index (κ2) is 7.34. The topological polar surface area (TPSA) is 98.7 Å². The van der Waals surface area contributed by atoms with E-state index in [9.17, 15) is 9.59 Å². The van der Waals surface area contributed by atoms with Gasteiger partial charge < -0.3 is 20.8 Å². The third-order valence-corrected chi connectivity index (χ3v) is 3.73. The molecule has 0 unspecified atom stereocenters. The van der Waals surface area contributed by atoms with Crippen LogP contribution in [0.1, 0.15) is 11.3 Å². The Balaban J connectivity index is 2.16. The number of carbonyl (C=O) groups is 2. The monoisotopic (exact) mass is 336 g/mol. The van der Waals surface area contributed by atoms with E-state index in [1.165, 1.54) is 11.3 Å². The number of aliphatic hydroxyl groups is 1. The molecule has 18 heavy (non-hydrogen) atoms. The molecule has 0 radical (unpaired) electrons. The van der Waals surface area contributed by atoms with Crippen LogP contribution in [0.2, 0.25) is 0 Å². The third kappa shape index (κ3) is 5.48. The van der Waals surface area contributed by atoms with Crippen LogP contribution in [-0.4, -0.2) is 34.9 Å². The minimum atomic E-state index is -1.45. The lowest BCUT2D eigenvalue weighted by molar-refractivity contribution is -0.146. The molecule has 1 heterocycles. The number of rotatable bonds is 6. The molecule has 0 saturated carbocycles. The van der Waals surface area contributed by atoms with Gasteiger partial charge in [-0.25, -0.2) is 9.59 Å². The van der Waals surface area contributed by atoms with Crippen molar-refractivity contribution in [1.82, 2.24) is 10.6 Å². The Morgan fingerprint density at radius 2 is 2.17 bits per heavy atom. The van der Waals surface area contributed by atoms with Crippen LogP contribution < -0.4 is 10.6 Å². The van der Waals surface area contributed by atoms with E-state index in [1.54, 1.807) is 0 Å². The summed E-state index contributed by atoms with van der Waals surface area (Å²) in [6.45, 7) is 0.511. The van der Waals surface area contributed by atoms with Gasteiger partial charge in [-0.3, -0.25) is 0 Å². The van der Waals surface area contributed by atoms with Gasteiger partial charge in [0.25, 0.3) is 0 Å². The lowest BCUT2D eigenvalue weighted by Gasteiger charge is -2.08. The molecule has 0 aliphatic heterocycles. The van der Waals surface area contributed by atoms with Crippen LogP contribution in [0.4, 0.5) is 4.79 Å². The number of amides is 2. The van der Waals surface area contributed by atoms with E-state index >= 15 is 0 Å². The molecule has 0 spiro atoms. The Hall–Kier alpha value is -1.12. The summed E-state index contributed by atoms with van der Waals surface area (Å²) in [5.41, 5.74) is 0. The first-order chi connectivity index (χ1) is 8.49. The highest BCUT2D eigenvalue weighted by Gasteiger charge is 2.12. The van der Waals surface area contributed by atoms with Gasteiger partial charge in [0.1, 0.15) is 0 Å². The number of carbonyl (C=O) groups excluding carboxylic acids is 1. The molecule has 2 amide bonds. The van der Waals surface area contributed by atoms with Crippen LogP contribution in [0, 0.1) is 0 Å². The van der Waals surface area contributed by atoms with Crippen molar-refractivity contribution in [2.45, 2.75) is 19.1 Å². The summed E-state index contributed by atoms with van der Waals surface area (Å²) in [6.07, 6.45) is -1.47. The smallest absolute Gasteiger partial charge is 0.332 e. The van der Waals surface area contributed by atoms with E-state index < -0.39 is 18.1 Å². The van der Waals surface area contributed by atoms with Gasteiger partial charge in [-0.2, -0.15) is 0 Å². The fraction of sp³-hybridized carbons (Fsp3) is 0.400. The zero-order valence-electron chi connectivity index (χ0n) is 9.35. The van der Waals surface area contributed by atoms with Crippen molar-refractivity contribution < 1.29 is 19.8 Å². The van der Waals surface area contributed by atoms with E-state index in [1.807, 2.05) is 11.4 Å². The fourth-order valence-corrected chi connectivity index (χ4v) is 2.51. The highest BCUT2D eigenvalue weighted by Crippen LogP contribution is 2.19. The summed E-state index contributed by atoms with van der Waals surface area (Å²) in [4.78, 5) is 22.6. The number of urea groups is 1. The zero-order valence-corrected chi connectivity index (χ0v) is 11.8. The van der Waals surface area contributed by atoms with Gasteiger partial charge in [0.2, 0.25) is 0 Å². The molecule has 0 aliphatic carbocycles. The number of aliphatic carboxylic acids is 1. The highest BCUT2D eigenvalue weighted by molar-refractivity contribution is 9.10. The number of thiophene rings is 1.